The van der Waals surface area contributed by atoms with Gasteiger partial charge in [-0.05, 0) is 32.4 Å². The maximum atomic E-state index is 11.5. The molecule has 1 aromatic rings. The molecule has 24 heavy (non-hydrogen) atoms. The summed E-state index contributed by atoms with van der Waals surface area (Å²) in [5.41, 5.74) is -0.449. The first-order valence-corrected chi connectivity index (χ1v) is 7.34. The number of ether oxygens (including phenoxy) is 1. The monoisotopic (exact) mass is 341 g/mol. The van der Waals surface area contributed by atoms with Crippen molar-refractivity contribution < 1.29 is 24.7 Å². The summed E-state index contributed by atoms with van der Waals surface area (Å²) in [4.78, 5) is 22.0. The van der Waals surface area contributed by atoms with Crippen molar-refractivity contribution in [1.29, 1.82) is 0 Å². The number of carbonyl (C=O) groups excluding carboxylic acids is 1. The Hall–Kier alpha value is -2.39. The second-order valence-electron chi connectivity index (χ2n) is 6.18. The molecule has 1 rings (SSSR count). The number of rotatable bonds is 6. The summed E-state index contributed by atoms with van der Waals surface area (Å²) in [6, 6.07) is 4.07. The van der Waals surface area contributed by atoms with Gasteiger partial charge in [-0.25, -0.2) is 4.79 Å². The summed E-state index contributed by atoms with van der Waals surface area (Å²) in [6.07, 6.45) is -3.48. The fraction of sp³-hybridized carbons (Fsp3) is 0.533. The Morgan fingerprint density at radius 3 is 2.50 bits per heavy atom. The van der Waals surface area contributed by atoms with E-state index in [-0.39, 0.29) is 23.5 Å². The van der Waals surface area contributed by atoms with Gasteiger partial charge in [-0.3, -0.25) is 10.1 Å². The third-order valence-corrected chi connectivity index (χ3v) is 3.05. The van der Waals surface area contributed by atoms with Crippen LogP contribution in [0, 0.1) is 10.1 Å². The highest BCUT2D eigenvalue weighted by molar-refractivity contribution is 5.67. The van der Waals surface area contributed by atoms with E-state index in [9.17, 15) is 25.1 Å². The number of carbonyl (C=O) groups is 1. The molecule has 0 bridgehead atoms. The van der Waals surface area contributed by atoms with E-state index < -0.39 is 28.8 Å². The molecule has 134 valence electrons. The molecule has 0 spiro atoms. The Morgan fingerprint density at radius 2 is 2.00 bits per heavy atom. The summed E-state index contributed by atoms with van der Waals surface area (Å²) in [5, 5.41) is 36.1. The molecule has 1 aromatic carbocycles. The number of alkyl carbamates (subject to hydrolysis) is 1. The quantitative estimate of drug-likeness (QED) is 0.455. The lowest BCUT2D eigenvalue weighted by atomic mass is 10.0. The number of aliphatic hydroxyl groups excluding tert-OH is 2. The fourth-order valence-electron chi connectivity index (χ4n) is 1.93. The van der Waals surface area contributed by atoms with Gasteiger partial charge >= 0.3 is 6.09 Å². The van der Waals surface area contributed by atoms with Gasteiger partial charge in [0.1, 0.15) is 23.5 Å². The highest BCUT2D eigenvalue weighted by Crippen LogP contribution is 2.28. The van der Waals surface area contributed by atoms with Crippen molar-refractivity contribution in [2.75, 3.05) is 18.9 Å². The summed E-state index contributed by atoms with van der Waals surface area (Å²) in [7, 11) is 1.54. The molecule has 0 aromatic heterocycles. The van der Waals surface area contributed by atoms with Gasteiger partial charge in [0.2, 0.25) is 0 Å². The summed E-state index contributed by atoms with van der Waals surface area (Å²) in [6.45, 7) is 4.82. The fourth-order valence-corrected chi connectivity index (χ4v) is 1.93. The number of nitrogens with one attached hydrogen (secondary N) is 2. The summed E-state index contributed by atoms with van der Waals surface area (Å²) < 4.78 is 5.01. The number of nitro benzene ring substituents is 1. The molecule has 9 heteroatoms. The lowest BCUT2D eigenvalue weighted by Gasteiger charge is -2.22. The zero-order valence-electron chi connectivity index (χ0n) is 14.1. The van der Waals surface area contributed by atoms with Crippen LogP contribution in [0.15, 0.2) is 18.2 Å². The number of hydrogen-bond acceptors (Lipinski definition) is 7. The molecule has 0 aliphatic heterocycles. The molecular formula is C15H23N3O6. The molecule has 9 nitrogen and oxygen atoms in total. The number of amides is 1. The minimum absolute atomic E-state index is 0.166. The average molecular weight is 341 g/mol. The Bertz CT molecular complexity index is 599. The van der Waals surface area contributed by atoms with Crippen LogP contribution < -0.4 is 10.6 Å². The van der Waals surface area contributed by atoms with Gasteiger partial charge in [0.05, 0.1) is 4.92 Å². The number of aliphatic hydroxyl groups is 2. The SMILES string of the molecule is CNc1ccc(C(O)C(O)CNC(=O)OC(C)(C)C)cc1[N+](=O)[O-]. The largest absolute Gasteiger partial charge is 0.444 e. The number of hydrogen-bond donors (Lipinski definition) is 4. The van der Waals surface area contributed by atoms with Crippen LogP contribution in [0.4, 0.5) is 16.2 Å². The standard InChI is InChI=1S/C15H23N3O6/c1-15(2,3)24-14(21)17-8-12(19)13(20)9-5-6-10(16-4)11(7-9)18(22)23/h5-7,12-13,16,19-20H,8H2,1-4H3,(H,17,21). The van der Waals surface area contributed by atoms with E-state index in [0.717, 1.165) is 0 Å². The molecule has 0 radical (unpaired) electrons. The van der Waals surface area contributed by atoms with Crippen molar-refractivity contribution in [2.45, 2.75) is 38.6 Å². The van der Waals surface area contributed by atoms with E-state index in [1.54, 1.807) is 20.8 Å². The summed E-state index contributed by atoms with van der Waals surface area (Å²) in [5.74, 6) is 0. The highest BCUT2D eigenvalue weighted by atomic mass is 16.6. The van der Waals surface area contributed by atoms with Gasteiger partial charge in [-0.2, -0.15) is 0 Å². The topological polar surface area (TPSA) is 134 Å². The zero-order chi connectivity index (χ0) is 18.5. The molecule has 2 unspecified atom stereocenters. The van der Waals surface area contributed by atoms with Gasteiger partial charge in [0.25, 0.3) is 5.69 Å². The maximum Gasteiger partial charge on any atom is 0.407 e. The number of nitrogens with zero attached hydrogens (tertiary/aromatic N) is 1. The molecule has 1 amide bonds. The Morgan fingerprint density at radius 1 is 1.38 bits per heavy atom. The van der Waals surface area contributed by atoms with E-state index in [1.807, 2.05) is 0 Å². The van der Waals surface area contributed by atoms with Crippen molar-refractivity contribution in [3.63, 3.8) is 0 Å². The van der Waals surface area contributed by atoms with Crippen molar-refractivity contribution in [3.05, 3.63) is 33.9 Å². The highest BCUT2D eigenvalue weighted by Gasteiger charge is 2.24. The lowest BCUT2D eigenvalue weighted by Crippen LogP contribution is -2.38. The Balaban J connectivity index is 2.75. The van der Waals surface area contributed by atoms with Gasteiger partial charge < -0.3 is 25.6 Å². The Kier molecular flexibility index (Phi) is 6.50. The first kappa shape index (κ1) is 19.7. The van der Waals surface area contributed by atoms with Crippen molar-refractivity contribution >= 4 is 17.5 Å². The van der Waals surface area contributed by atoms with Crippen LogP contribution in [-0.4, -0.2) is 46.5 Å². The van der Waals surface area contributed by atoms with E-state index in [2.05, 4.69) is 10.6 Å². The van der Waals surface area contributed by atoms with Crippen LogP contribution in [0.3, 0.4) is 0 Å². The van der Waals surface area contributed by atoms with Gasteiger partial charge in [-0.15, -0.1) is 0 Å². The predicted octanol–water partition coefficient (Wildman–Crippen LogP) is 1.56. The second-order valence-corrected chi connectivity index (χ2v) is 6.18. The van der Waals surface area contributed by atoms with Crippen LogP contribution in [0.1, 0.15) is 32.4 Å². The third kappa shape index (κ3) is 5.67. The van der Waals surface area contributed by atoms with E-state index in [4.69, 9.17) is 4.74 Å². The van der Waals surface area contributed by atoms with Crippen LogP contribution in [0.5, 0.6) is 0 Å². The van der Waals surface area contributed by atoms with E-state index in [1.165, 1.54) is 25.2 Å². The van der Waals surface area contributed by atoms with Crippen LogP contribution in [-0.2, 0) is 4.74 Å². The molecule has 0 fully saturated rings. The first-order chi connectivity index (χ1) is 11.0. The van der Waals surface area contributed by atoms with Gasteiger partial charge in [-0.1, -0.05) is 6.07 Å². The smallest absolute Gasteiger partial charge is 0.407 e. The average Bonchev–Trinajstić information content (AvgIpc) is 2.49. The molecule has 0 aliphatic rings. The van der Waals surface area contributed by atoms with Crippen LogP contribution >= 0.6 is 0 Å². The van der Waals surface area contributed by atoms with Crippen LogP contribution in [0.25, 0.3) is 0 Å². The maximum absolute atomic E-state index is 11.5. The molecule has 0 saturated carbocycles. The number of anilines is 1. The zero-order valence-corrected chi connectivity index (χ0v) is 14.1. The molecule has 0 aliphatic carbocycles. The van der Waals surface area contributed by atoms with Crippen molar-refractivity contribution in [2.24, 2.45) is 0 Å². The minimum atomic E-state index is -1.40. The van der Waals surface area contributed by atoms with E-state index in [0.29, 0.717) is 0 Å². The molecule has 0 heterocycles. The van der Waals surface area contributed by atoms with Gasteiger partial charge in [0.15, 0.2) is 0 Å². The molecule has 2 atom stereocenters. The van der Waals surface area contributed by atoms with E-state index >= 15 is 0 Å². The number of benzene rings is 1. The normalized spacial score (nSPS) is 13.8. The second kappa shape index (κ2) is 7.93. The van der Waals surface area contributed by atoms with Crippen molar-refractivity contribution in [3.8, 4) is 0 Å². The third-order valence-electron chi connectivity index (χ3n) is 3.05. The summed E-state index contributed by atoms with van der Waals surface area (Å²) >= 11 is 0. The van der Waals surface area contributed by atoms with Crippen LogP contribution in [0.2, 0.25) is 0 Å². The predicted molar refractivity (Wildman–Crippen MR) is 87.8 cm³/mol. The molecular weight excluding hydrogens is 318 g/mol. The molecule has 0 saturated heterocycles. The minimum Gasteiger partial charge on any atom is -0.444 e. The van der Waals surface area contributed by atoms with Gasteiger partial charge in [0, 0.05) is 19.7 Å². The number of nitro groups is 1. The van der Waals surface area contributed by atoms with Crippen molar-refractivity contribution in [1.82, 2.24) is 5.32 Å². The first-order valence-electron chi connectivity index (χ1n) is 7.34. The molecule has 4 N–H and O–H groups in total. The lowest BCUT2D eigenvalue weighted by molar-refractivity contribution is -0.384. The Labute approximate surface area is 139 Å².